The van der Waals surface area contributed by atoms with E-state index < -0.39 is 0 Å². The number of piperazine rings is 1. The Kier molecular flexibility index (Phi) is 6.67. The summed E-state index contributed by atoms with van der Waals surface area (Å²) >= 11 is 0. The molecule has 0 radical (unpaired) electrons. The van der Waals surface area contributed by atoms with Crippen LogP contribution >= 0.6 is 0 Å². The van der Waals surface area contributed by atoms with Gasteiger partial charge in [-0.15, -0.1) is 0 Å². The van der Waals surface area contributed by atoms with Gasteiger partial charge in [0.1, 0.15) is 12.4 Å². The summed E-state index contributed by atoms with van der Waals surface area (Å²) in [5.74, 6) is 0.907. The molecule has 4 heteroatoms. The standard InChI is InChI=1S/C26H31N3O/c1-28(2)24-12-8-22(9-13-24)26(29-18-16-27-17-19-29)23-10-14-25(15-11-23)30-20-21-6-4-3-5-7-21/h3-15,26-27H,16-20H2,1-2H3. The molecule has 1 saturated heterocycles. The molecule has 30 heavy (non-hydrogen) atoms. The second-order valence-corrected chi connectivity index (χ2v) is 8.02. The summed E-state index contributed by atoms with van der Waals surface area (Å²) in [5.41, 5.74) is 5.05. The summed E-state index contributed by atoms with van der Waals surface area (Å²) in [5, 5.41) is 3.47. The Morgan fingerprint density at radius 3 is 2.03 bits per heavy atom. The fourth-order valence-corrected chi connectivity index (χ4v) is 4.00. The average molecular weight is 402 g/mol. The molecule has 3 aromatic carbocycles. The first kappa shape index (κ1) is 20.5. The Bertz CT molecular complexity index is 901. The van der Waals surface area contributed by atoms with Crippen molar-refractivity contribution in [1.29, 1.82) is 0 Å². The third kappa shape index (κ3) is 5.02. The monoisotopic (exact) mass is 401 g/mol. The fraction of sp³-hybridized carbons (Fsp3) is 0.308. The molecule has 1 aliphatic rings. The fourth-order valence-electron chi connectivity index (χ4n) is 4.00. The highest BCUT2D eigenvalue weighted by Crippen LogP contribution is 2.31. The quantitative estimate of drug-likeness (QED) is 0.638. The van der Waals surface area contributed by atoms with Gasteiger partial charge in [-0.05, 0) is 41.0 Å². The lowest BCUT2D eigenvalue weighted by Crippen LogP contribution is -2.45. The van der Waals surface area contributed by atoms with E-state index in [0.717, 1.165) is 31.9 Å². The van der Waals surface area contributed by atoms with Gasteiger partial charge < -0.3 is 15.0 Å². The number of rotatable bonds is 7. The van der Waals surface area contributed by atoms with Crippen molar-refractivity contribution in [2.45, 2.75) is 12.6 Å². The molecular weight excluding hydrogens is 370 g/mol. The van der Waals surface area contributed by atoms with Gasteiger partial charge in [0.25, 0.3) is 0 Å². The summed E-state index contributed by atoms with van der Waals surface area (Å²) in [6, 6.07) is 28.1. The molecule has 4 rings (SSSR count). The molecule has 1 aliphatic heterocycles. The highest BCUT2D eigenvalue weighted by molar-refractivity contribution is 5.48. The predicted molar refractivity (Wildman–Crippen MR) is 124 cm³/mol. The Balaban J connectivity index is 1.54. The van der Waals surface area contributed by atoms with E-state index in [0.29, 0.717) is 6.61 Å². The van der Waals surface area contributed by atoms with Crippen LogP contribution in [0.25, 0.3) is 0 Å². The molecule has 0 bridgehead atoms. The molecule has 4 nitrogen and oxygen atoms in total. The van der Waals surface area contributed by atoms with Crippen molar-refractivity contribution in [2.24, 2.45) is 0 Å². The van der Waals surface area contributed by atoms with Gasteiger partial charge in [-0.2, -0.15) is 0 Å². The molecule has 3 aromatic rings. The van der Waals surface area contributed by atoms with E-state index in [1.165, 1.54) is 22.4 Å². The van der Waals surface area contributed by atoms with Crippen molar-refractivity contribution >= 4 is 5.69 Å². The largest absolute Gasteiger partial charge is 0.489 e. The first-order valence-electron chi connectivity index (χ1n) is 10.7. The van der Waals surface area contributed by atoms with Crippen LogP contribution in [0.4, 0.5) is 5.69 Å². The average Bonchev–Trinajstić information content (AvgIpc) is 2.80. The summed E-state index contributed by atoms with van der Waals surface area (Å²) < 4.78 is 5.99. The van der Waals surface area contributed by atoms with Crippen molar-refractivity contribution in [3.05, 3.63) is 95.6 Å². The highest BCUT2D eigenvalue weighted by Gasteiger charge is 2.24. The molecule has 0 aromatic heterocycles. The lowest BCUT2D eigenvalue weighted by atomic mass is 9.96. The van der Waals surface area contributed by atoms with Crippen molar-refractivity contribution in [3.63, 3.8) is 0 Å². The second-order valence-electron chi connectivity index (χ2n) is 8.02. The van der Waals surface area contributed by atoms with Crippen LogP contribution in [-0.4, -0.2) is 45.2 Å². The zero-order chi connectivity index (χ0) is 20.8. The number of nitrogens with one attached hydrogen (secondary N) is 1. The van der Waals surface area contributed by atoms with Crippen molar-refractivity contribution < 1.29 is 4.74 Å². The first-order valence-corrected chi connectivity index (χ1v) is 10.7. The van der Waals surface area contributed by atoms with Crippen molar-refractivity contribution in [1.82, 2.24) is 10.2 Å². The maximum absolute atomic E-state index is 5.99. The highest BCUT2D eigenvalue weighted by atomic mass is 16.5. The molecule has 1 fully saturated rings. The Hall–Kier alpha value is -2.82. The van der Waals surface area contributed by atoms with Gasteiger partial charge in [0, 0.05) is 46.0 Å². The third-order valence-corrected chi connectivity index (χ3v) is 5.69. The second kappa shape index (κ2) is 9.79. The third-order valence-electron chi connectivity index (χ3n) is 5.69. The van der Waals surface area contributed by atoms with Gasteiger partial charge in [0.15, 0.2) is 0 Å². The van der Waals surface area contributed by atoms with Crippen LogP contribution < -0.4 is 15.0 Å². The van der Waals surface area contributed by atoms with Gasteiger partial charge in [-0.1, -0.05) is 54.6 Å². The normalized spacial score (nSPS) is 15.5. The number of ether oxygens (including phenoxy) is 1. The van der Waals surface area contributed by atoms with Crippen LogP contribution in [0.5, 0.6) is 5.75 Å². The zero-order valence-corrected chi connectivity index (χ0v) is 17.9. The smallest absolute Gasteiger partial charge is 0.119 e. The number of hydrogen-bond acceptors (Lipinski definition) is 4. The van der Waals surface area contributed by atoms with Gasteiger partial charge >= 0.3 is 0 Å². The Morgan fingerprint density at radius 1 is 0.833 bits per heavy atom. The SMILES string of the molecule is CN(C)c1ccc(C(c2ccc(OCc3ccccc3)cc2)N2CCNCC2)cc1. The van der Waals surface area contributed by atoms with E-state index in [-0.39, 0.29) is 6.04 Å². The summed E-state index contributed by atoms with van der Waals surface area (Å²) in [7, 11) is 4.16. The van der Waals surface area contributed by atoms with E-state index in [1.807, 2.05) is 18.2 Å². The molecule has 0 aliphatic carbocycles. The summed E-state index contributed by atoms with van der Waals surface area (Å²) in [4.78, 5) is 4.71. The Labute approximate surface area is 180 Å². The molecule has 1 unspecified atom stereocenters. The van der Waals surface area contributed by atoms with Crippen LogP contribution in [-0.2, 0) is 6.61 Å². The number of hydrogen-bond donors (Lipinski definition) is 1. The Morgan fingerprint density at radius 2 is 1.43 bits per heavy atom. The molecular formula is C26H31N3O. The van der Waals surface area contributed by atoms with Gasteiger partial charge in [0.05, 0.1) is 6.04 Å². The molecule has 0 amide bonds. The van der Waals surface area contributed by atoms with Crippen LogP contribution in [0.3, 0.4) is 0 Å². The zero-order valence-electron chi connectivity index (χ0n) is 17.9. The van der Waals surface area contributed by atoms with Crippen LogP contribution in [0.15, 0.2) is 78.9 Å². The molecule has 156 valence electrons. The van der Waals surface area contributed by atoms with Gasteiger partial charge in [-0.3, -0.25) is 4.90 Å². The minimum Gasteiger partial charge on any atom is -0.489 e. The van der Waals surface area contributed by atoms with Gasteiger partial charge in [-0.25, -0.2) is 0 Å². The predicted octanol–water partition coefficient (Wildman–Crippen LogP) is 4.33. The van der Waals surface area contributed by atoms with E-state index >= 15 is 0 Å². The van der Waals surface area contributed by atoms with Gasteiger partial charge in [0.2, 0.25) is 0 Å². The van der Waals surface area contributed by atoms with Crippen LogP contribution in [0.2, 0.25) is 0 Å². The first-order chi connectivity index (χ1) is 14.7. The number of benzene rings is 3. The maximum Gasteiger partial charge on any atom is 0.119 e. The maximum atomic E-state index is 5.99. The van der Waals surface area contributed by atoms with E-state index in [2.05, 4.69) is 89.9 Å². The van der Waals surface area contributed by atoms with E-state index in [4.69, 9.17) is 4.74 Å². The topological polar surface area (TPSA) is 27.7 Å². The number of nitrogens with zero attached hydrogens (tertiary/aromatic N) is 2. The molecule has 0 spiro atoms. The minimum absolute atomic E-state index is 0.256. The van der Waals surface area contributed by atoms with E-state index in [9.17, 15) is 0 Å². The van der Waals surface area contributed by atoms with Crippen LogP contribution in [0, 0.1) is 0 Å². The van der Waals surface area contributed by atoms with E-state index in [1.54, 1.807) is 0 Å². The lowest BCUT2D eigenvalue weighted by molar-refractivity contribution is 0.198. The molecule has 1 heterocycles. The summed E-state index contributed by atoms with van der Waals surface area (Å²) in [6.45, 7) is 4.75. The molecule has 0 saturated carbocycles. The minimum atomic E-state index is 0.256. The lowest BCUT2D eigenvalue weighted by Gasteiger charge is -2.35. The summed E-state index contributed by atoms with van der Waals surface area (Å²) in [6.07, 6.45) is 0. The molecule has 1 N–H and O–H groups in total. The van der Waals surface area contributed by atoms with Crippen LogP contribution in [0.1, 0.15) is 22.7 Å². The molecule has 1 atom stereocenters. The van der Waals surface area contributed by atoms with Crippen molar-refractivity contribution in [2.75, 3.05) is 45.2 Å². The van der Waals surface area contributed by atoms with Crippen molar-refractivity contribution in [3.8, 4) is 5.75 Å². The number of anilines is 1.